The van der Waals surface area contributed by atoms with Crippen molar-refractivity contribution in [3.05, 3.63) is 233 Å². The van der Waals surface area contributed by atoms with Gasteiger partial charge in [0.1, 0.15) is 50.5 Å². The molecule has 4 amide bonds. The van der Waals surface area contributed by atoms with Gasteiger partial charge in [-0.05, 0) is 153 Å². The highest BCUT2D eigenvalue weighted by molar-refractivity contribution is 9.08. The van der Waals surface area contributed by atoms with E-state index in [-0.39, 0.29) is 88.8 Å². The van der Waals surface area contributed by atoms with Gasteiger partial charge in [-0.25, -0.2) is 38.5 Å². The summed E-state index contributed by atoms with van der Waals surface area (Å²) in [5.41, 5.74) is 18.2. The number of esters is 1. The Morgan fingerprint density at radius 3 is 1.17 bits per heavy atom. The van der Waals surface area contributed by atoms with Gasteiger partial charge in [0.25, 0.3) is 29.1 Å². The van der Waals surface area contributed by atoms with Gasteiger partial charge in [0, 0.05) is 79.8 Å². The van der Waals surface area contributed by atoms with Crippen LogP contribution in [0.4, 0.5) is 22.7 Å². The molecule has 125 heavy (non-hydrogen) atoms. The van der Waals surface area contributed by atoms with Gasteiger partial charge in [-0.1, -0.05) is 88.7 Å². The minimum absolute atomic E-state index is 0.000422. The lowest BCUT2D eigenvalue weighted by atomic mass is 10.1. The summed E-state index contributed by atoms with van der Waals surface area (Å²) in [5, 5.41) is 25.4. The van der Waals surface area contributed by atoms with Crippen molar-refractivity contribution in [1.82, 2.24) is 14.7 Å². The summed E-state index contributed by atoms with van der Waals surface area (Å²) in [4.78, 5) is 89.1. The zero-order valence-electron chi connectivity index (χ0n) is 71.4. The number of hydrogen-bond acceptors (Lipinski definition) is 28. The first kappa shape index (κ1) is 98.8. The Bertz CT molecular complexity index is 5780. The predicted molar refractivity (Wildman–Crippen MR) is 474 cm³/mol. The Kier molecular flexibility index (Phi) is 34.6. The van der Waals surface area contributed by atoms with Crippen LogP contribution in [0, 0.1) is 26.1 Å². The van der Waals surface area contributed by atoms with Crippen molar-refractivity contribution in [3.8, 4) is 46.0 Å². The lowest BCUT2D eigenvalue weighted by Crippen LogP contribution is -2.34. The van der Waals surface area contributed by atoms with Gasteiger partial charge in [0.05, 0.1) is 129 Å². The Balaban J connectivity index is 0.000000198. The maximum atomic E-state index is 13.5. The number of alkyl halides is 1. The van der Waals surface area contributed by atoms with Crippen LogP contribution in [0.25, 0.3) is 0 Å². The first-order valence-electron chi connectivity index (χ1n) is 39.3. The molecule has 39 heteroatoms. The van der Waals surface area contributed by atoms with E-state index in [1.165, 1.54) is 56.8 Å². The number of carbonyl (C=O) groups is 5. The number of nitro groups is 2. The fourth-order valence-electron chi connectivity index (χ4n) is 14.1. The number of amides is 4. The largest absolute Gasteiger partial charge is 0.493 e. The number of nitrogens with zero attached hydrogens (tertiary/aromatic N) is 5. The number of carbonyl (C=O) groups excluding carboxylic acids is 5. The van der Waals surface area contributed by atoms with Gasteiger partial charge in [0.2, 0.25) is 5.91 Å². The second kappa shape index (κ2) is 43.8. The number of sulfone groups is 4. The number of nitro benzene ring substituents is 2. The number of hydrogen-bond donors (Lipinski definition) is 3. The molecule has 674 valence electrons. The van der Waals surface area contributed by atoms with Gasteiger partial charge in [-0.15, -0.1) is 0 Å². The quantitative estimate of drug-likeness (QED) is 0.0111. The Labute approximate surface area is 735 Å². The fraction of sp³-hybridized carbons (Fsp3) is 0.384. The Morgan fingerprint density at radius 1 is 0.464 bits per heavy atom. The molecule has 0 unspecified atom stereocenters. The van der Waals surface area contributed by atoms with Crippen LogP contribution in [0.5, 0.6) is 46.0 Å². The number of rotatable bonds is 34. The number of nitrogen functional groups attached to an aromatic ring is 1. The van der Waals surface area contributed by atoms with E-state index in [4.69, 9.17) is 54.1 Å². The first-order valence-corrected chi connectivity index (χ1v) is 48.7. The van der Waals surface area contributed by atoms with Crippen LogP contribution in [-0.4, -0.2) is 197 Å². The predicted octanol–water partition coefficient (Wildman–Crippen LogP) is 12.2. The van der Waals surface area contributed by atoms with E-state index in [0.717, 1.165) is 42.7 Å². The summed E-state index contributed by atoms with van der Waals surface area (Å²) in [6.45, 7) is 11.5. The van der Waals surface area contributed by atoms with Crippen LogP contribution in [0.1, 0.15) is 158 Å². The normalized spacial score (nSPS) is 14.2. The summed E-state index contributed by atoms with van der Waals surface area (Å²) < 4.78 is 144. The van der Waals surface area contributed by atoms with E-state index >= 15 is 0 Å². The van der Waals surface area contributed by atoms with E-state index in [9.17, 15) is 77.9 Å². The molecule has 8 aromatic carbocycles. The molecule has 1 saturated carbocycles. The molecule has 5 N–H and O–H groups in total. The molecule has 0 bridgehead atoms. The van der Waals surface area contributed by atoms with E-state index in [0.29, 0.717) is 140 Å². The van der Waals surface area contributed by atoms with Crippen molar-refractivity contribution in [2.75, 3.05) is 121 Å². The third kappa shape index (κ3) is 26.2. The number of nitrogens with two attached hydrogens (primary N) is 2. The molecule has 0 radical (unpaired) electrons. The van der Waals surface area contributed by atoms with Crippen molar-refractivity contribution >= 4 is 108 Å². The number of nitrogens with one attached hydrogen (secondary N) is 1. The Hall–Kier alpha value is -11.7. The van der Waals surface area contributed by atoms with Gasteiger partial charge >= 0.3 is 5.97 Å². The van der Waals surface area contributed by atoms with Crippen LogP contribution in [0.15, 0.2) is 146 Å². The SMILES string of the molecule is CCOC(=O)c1c(CBr)cccc1[N+](=O)[O-].CCOc1cc([C@@H](CS(C)(=O)=O)N2Cc3cccc(N)c3C2=O)ccc1OC.CCOc1cc([C@@H](CS(C)(=O)=O)N2Cc3cccc(NC(=O)C4CC4)c3C2=O)ccc1OC.CCOc1cc([C@@H](CS(C)(=O)=O)N2Cc3cccc([N+](=O)[O-])c3C2=O)ccc1OC.CCOc1cc([C@H](N)CS(C)(=O)=O)ccc1OC. The van der Waals surface area contributed by atoms with Crippen molar-refractivity contribution < 1.29 is 110 Å². The van der Waals surface area contributed by atoms with Crippen molar-refractivity contribution in [2.24, 2.45) is 11.7 Å². The molecule has 4 aliphatic rings. The number of anilines is 2. The van der Waals surface area contributed by atoms with Crippen LogP contribution in [-0.2, 0) is 73.8 Å². The summed E-state index contributed by atoms with van der Waals surface area (Å²) >= 11 is 3.18. The highest BCUT2D eigenvalue weighted by Gasteiger charge is 2.43. The highest BCUT2D eigenvalue weighted by atomic mass is 79.9. The molecular formula is C86H103BrN8O26S4. The molecular weight excluding hydrogens is 1770 g/mol. The molecule has 1 aliphatic carbocycles. The van der Waals surface area contributed by atoms with Crippen molar-refractivity contribution in [2.45, 2.75) is 96.6 Å². The van der Waals surface area contributed by atoms with Crippen LogP contribution in [0.3, 0.4) is 0 Å². The molecule has 1 fully saturated rings. The third-order valence-corrected chi connectivity index (χ3v) is 24.1. The number of fused-ring (bicyclic) bond motifs is 3. The minimum atomic E-state index is -3.49. The third-order valence-electron chi connectivity index (χ3n) is 19.8. The van der Waals surface area contributed by atoms with Crippen molar-refractivity contribution in [3.63, 3.8) is 0 Å². The van der Waals surface area contributed by atoms with Gasteiger partial charge in [-0.3, -0.25) is 39.4 Å². The van der Waals surface area contributed by atoms with Crippen LogP contribution < -0.4 is 54.7 Å². The molecule has 3 heterocycles. The van der Waals surface area contributed by atoms with Crippen molar-refractivity contribution in [1.29, 1.82) is 0 Å². The number of halogens is 1. The van der Waals surface area contributed by atoms with Crippen LogP contribution >= 0.6 is 15.9 Å². The topological polar surface area (TPSA) is 465 Å². The first-order chi connectivity index (χ1) is 59.1. The number of ether oxygens (including phenoxy) is 9. The average Bonchev–Trinajstić information content (AvgIpc) is 1.64. The monoisotopic (exact) mass is 1870 g/mol. The van der Waals surface area contributed by atoms with E-state index in [1.807, 2.05) is 32.9 Å². The Morgan fingerprint density at radius 2 is 0.808 bits per heavy atom. The molecule has 8 aromatic rings. The molecule has 0 spiro atoms. The summed E-state index contributed by atoms with van der Waals surface area (Å²) in [5.74, 6) is 1.37. The molecule has 4 atom stereocenters. The van der Waals surface area contributed by atoms with E-state index in [1.54, 1.807) is 140 Å². The van der Waals surface area contributed by atoms with Crippen LogP contribution in [0.2, 0.25) is 0 Å². The molecule has 12 rings (SSSR count). The fourth-order valence-corrected chi connectivity index (χ4v) is 18.3. The molecule has 3 aliphatic heterocycles. The average molecular weight is 1870 g/mol. The zero-order valence-corrected chi connectivity index (χ0v) is 76.2. The van der Waals surface area contributed by atoms with Gasteiger partial charge in [0.15, 0.2) is 46.0 Å². The highest BCUT2D eigenvalue weighted by Crippen LogP contribution is 2.44. The second-order valence-corrected chi connectivity index (χ2v) is 38.5. The molecule has 0 aromatic heterocycles. The standard InChI is InChI=1S/C24H28N2O6S.C20H22N2O7S.C20H24N2O5S.C12H19NO4S.C10H10BrNO4/c1-4-32-21-12-16(10-11-20(21)31-2)19(14-33(3,29)30)26-13-17-6-5-7-18(22(17)24(26)28)25-23(27)15-8-9-15;1-4-29-18-10-13(8-9-17(18)28-2)16(12-30(3,26)27)21-11-14-6-5-7-15(22(24)25)19(14)20(21)23;1-4-27-18-10-13(8-9-17(18)26-2)16(12-28(3,24)25)22-11-14-6-5-7-15(21)19(14)20(22)23;1-4-17-12-7-9(5-6-11(12)16-2)10(13)8-18(3,14)15;1-2-16-10(13)9-7(6-11)4-3-5-8(9)12(14)15/h5-7,10-12,15,19H,4,8-9,13-14H2,1-3H3,(H,25,27);5-10,16H,4,11-12H2,1-3H3;5-10,16H,4,11-12,21H2,1-3H3;5-7,10H,4,8,13H2,1-3H3;3-5H,2,6H2,1H3/t19-;2*16-;10-;/m1111./s1. The van der Waals surface area contributed by atoms with E-state index < -0.39 is 85.2 Å². The molecule has 34 nitrogen and oxygen atoms in total. The smallest absolute Gasteiger partial charge is 0.345 e. The lowest BCUT2D eigenvalue weighted by molar-refractivity contribution is -0.385. The minimum Gasteiger partial charge on any atom is -0.493 e. The maximum Gasteiger partial charge on any atom is 0.345 e. The molecule has 0 saturated heterocycles. The number of benzene rings is 8. The van der Waals surface area contributed by atoms with Gasteiger partial charge < -0.3 is 74.1 Å². The summed E-state index contributed by atoms with van der Waals surface area (Å²) in [7, 11) is -7.28. The number of methoxy groups -OCH3 is 4. The lowest BCUT2D eigenvalue weighted by Gasteiger charge is -2.28. The summed E-state index contributed by atoms with van der Waals surface area (Å²) in [6.07, 6.45) is 6.29. The zero-order chi connectivity index (χ0) is 92.2. The maximum absolute atomic E-state index is 13.5. The van der Waals surface area contributed by atoms with Gasteiger partial charge in [-0.2, -0.15) is 0 Å². The summed E-state index contributed by atoms with van der Waals surface area (Å²) in [6, 6.07) is 37.3. The second-order valence-electron chi connectivity index (χ2n) is 29.2. The van der Waals surface area contributed by atoms with E-state index in [2.05, 4.69) is 21.2 Å².